The van der Waals surface area contributed by atoms with Gasteiger partial charge < -0.3 is 30.2 Å². The topological polar surface area (TPSA) is 144 Å². The van der Waals surface area contributed by atoms with Gasteiger partial charge in [-0.1, -0.05) is 39.7 Å². The van der Waals surface area contributed by atoms with E-state index in [-0.39, 0.29) is 12.2 Å². The average molecular weight is 501 g/mol. The number of rotatable bonds is 17. The third-order valence-corrected chi connectivity index (χ3v) is 5.31. The highest BCUT2D eigenvalue weighted by molar-refractivity contribution is 5.86. The zero-order chi connectivity index (χ0) is 26.4. The van der Waals surface area contributed by atoms with Crippen LogP contribution in [0.2, 0.25) is 0 Å². The molecule has 0 aliphatic carbocycles. The van der Waals surface area contributed by atoms with Crippen LogP contribution in [-0.2, 0) is 33.6 Å². The van der Waals surface area contributed by atoms with Crippen molar-refractivity contribution in [3.63, 3.8) is 0 Å². The smallest absolute Gasteiger partial charge is 0.370 e. The molecule has 0 aromatic heterocycles. The van der Waals surface area contributed by atoms with Gasteiger partial charge in [-0.2, -0.15) is 4.89 Å². The number of aliphatic carboxylic acids is 1. The van der Waals surface area contributed by atoms with E-state index in [2.05, 4.69) is 11.9 Å². The molecular weight excluding hydrogens is 463 g/mol. The van der Waals surface area contributed by atoms with E-state index in [0.29, 0.717) is 12.8 Å². The molecule has 5 unspecified atom stereocenters. The quantitative estimate of drug-likeness (QED) is 0.0686. The van der Waals surface area contributed by atoms with Gasteiger partial charge in [-0.15, -0.1) is 0 Å². The first kappa shape index (κ1) is 30.1. The van der Waals surface area contributed by atoms with Gasteiger partial charge in [0, 0.05) is 31.9 Å². The number of carboxylic acid groups (broad SMARTS) is 1. The summed E-state index contributed by atoms with van der Waals surface area (Å²) < 4.78 is 26.4. The number of carbonyl (C=O) groups is 3. The normalized spacial score (nSPS) is 21.0. The summed E-state index contributed by atoms with van der Waals surface area (Å²) in [5, 5.41) is 19.5. The van der Waals surface area contributed by atoms with E-state index in [1.54, 1.807) is 0 Å². The number of carboxylic acids is 1. The van der Waals surface area contributed by atoms with Gasteiger partial charge in [0.25, 0.3) is 0 Å². The molecule has 1 aliphatic heterocycles. The van der Waals surface area contributed by atoms with Crippen molar-refractivity contribution < 1.29 is 43.1 Å². The molecule has 1 rings (SSSR count). The fourth-order valence-corrected chi connectivity index (χ4v) is 3.40. The zero-order valence-electron chi connectivity index (χ0n) is 20.6. The summed E-state index contributed by atoms with van der Waals surface area (Å²) in [6.07, 6.45) is 1.42. The van der Waals surface area contributed by atoms with Crippen LogP contribution in [0.5, 0.6) is 0 Å². The molecule has 0 radical (unpaired) electrons. The van der Waals surface area contributed by atoms with Crippen molar-refractivity contribution in [2.75, 3.05) is 6.61 Å². The number of hydrogen-bond donors (Lipinski definition) is 3. The molecule has 0 fully saturated rings. The first-order chi connectivity index (χ1) is 16.6. The second kappa shape index (κ2) is 15.9. The van der Waals surface area contributed by atoms with Crippen LogP contribution in [0.25, 0.3) is 0 Å². The summed E-state index contributed by atoms with van der Waals surface area (Å²) >= 11 is 0. The number of ether oxygens (including phenoxy) is 2. The number of carbonyl (C=O) groups excluding carboxylic acids is 2. The number of esters is 1. The molecule has 3 N–H and O–H groups in total. The SMILES string of the molecule is C=C(CCCC)OOC(COC(=O)CCCCC)C(F)C1OC(C(=O)O)=CC(C=N)C1NC(C)=O. The van der Waals surface area contributed by atoms with Crippen molar-refractivity contribution in [2.24, 2.45) is 5.92 Å². The summed E-state index contributed by atoms with van der Waals surface area (Å²) in [5.41, 5.74) is 0. The molecule has 35 heavy (non-hydrogen) atoms. The van der Waals surface area contributed by atoms with Crippen LogP contribution in [0.15, 0.2) is 24.2 Å². The second-order valence-electron chi connectivity index (χ2n) is 8.33. The van der Waals surface area contributed by atoms with Crippen LogP contribution in [0, 0.1) is 11.3 Å². The monoisotopic (exact) mass is 500 g/mol. The summed E-state index contributed by atoms with van der Waals surface area (Å²) in [6.45, 7) is 8.34. The van der Waals surface area contributed by atoms with Crippen molar-refractivity contribution >= 4 is 24.1 Å². The minimum absolute atomic E-state index is 0.151. The molecule has 1 aliphatic rings. The fraction of sp³-hybridized carbons (Fsp3) is 0.667. The molecule has 0 saturated carbocycles. The first-order valence-electron chi connectivity index (χ1n) is 11.8. The van der Waals surface area contributed by atoms with Crippen LogP contribution in [-0.4, -0.2) is 60.2 Å². The molecule has 0 saturated heterocycles. The average Bonchev–Trinajstić information content (AvgIpc) is 2.82. The highest BCUT2D eigenvalue weighted by atomic mass is 19.1. The third-order valence-electron chi connectivity index (χ3n) is 5.31. The molecule has 5 atom stereocenters. The Morgan fingerprint density at radius 1 is 1.26 bits per heavy atom. The van der Waals surface area contributed by atoms with E-state index < -0.39 is 60.6 Å². The lowest BCUT2D eigenvalue weighted by Crippen LogP contribution is -2.57. The predicted octanol–water partition coefficient (Wildman–Crippen LogP) is 3.61. The van der Waals surface area contributed by atoms with Gasteiger partial charge in [-0.25, -0.2) is 9.18 Å². The lowest BCUT2D eigenvalue weighted by molar-refractivity contribution is -0.319. The number of halogens is 1. The number of alkyl halides is 1. The van der Waals surface area contributed by atoms with Crippen LogP contribution in [0.3, 0.4) is 0 Å². The van der Waals surface area contributed by atoms with E-state index in [0.717, 1.165) is 38.0 Å². The molecule has 198 valence electrons. The van der Waals surface area contributed by atoms with Gasteiger partial charge in [0.15, 0.2) is 18.4 Å². The molecule has 0 bridgehead atoms. The summed E-state index contributed by atoms with van der Waals surface area (Å²) in [5.74, 6) is -3.82. The molecule has 1 heterocycles. The maximum Gasteiger partial charge on any atom is 0.370 e. The zero-order valence-corrected chi connectivity index (χ0v) is 20.6. The number of allylic oxidation sites excluding steroid dienone is 1. The lowest BCUT2D eigenvalue weighted by Gasteiger charge is -2.38. The summed E-state index contributed by atoms with van der Waals surface area (Å²) in [4.78, 5) is 45.7. The highest BCUT2D eigenvalue weighted by Gasteiger charge is 2.46. The Bertz CT molecular complexity index is 773. The summed E-state index contributed by atoms with van der Waals surface area (Å²) in [6, 6.07) is -1.11. The van der Waals surface area contributed by atoms with E-state index >= 15 is 4.39 Å². The number of unbranched alkanes of at least 4 members (excludes halogenated alkanes) is 3. The first-order valence-corrected chi connectivity index (χ1v) is 11.8. The van der Waals surface area contributed by atoms with E-state index in [1.165, 1.54) is 6.92 Å². The van der Waals surface area contributed by atoms with E-state index in [1.807, 2.05) is 13.8 Å². The summed E-state index contributed by atoms with van der Waals surface area (Å²) in [7, 11) is 0. The van der Waals surface area contributed by atoms with Gasteiger partial charge in [-0.3, -0.25) is 9.59 Å². The second-order valence-corrected chi connectivity index (χ2v) is 8.33. The number of hydrogen-bond acceptors (Lipinski definition) is 8. The Morgan fingerprint density at radius 3 is 2.51 bits per heavy atom. The maximum absolute atomic E-state index is 15.9. The molecule has 1 amide bonds. The fourth-order valence-electron chi connectivity index (χ4n) is 3.40. The van der Waals surface area contributed by atoms with Gasteiger partial charge in [0.1, 0.15) is 12.4 Å². The molecule has 0 spiro atoms. The van der Waals surface area contributed by atoms with Gasteiger partial charge >= 0.3 is 11.9 Å². The van der Waals surface area contributed by atoms with Crippen LogP contribution in [0.4, 0.5) is 4.39 Å². The molecular formula is C24H37FN2O8. The Hall–Kier alpha value is -2.95. The lowest BCUT2D eigenvalue weighted by atomic mass is 9.88. The number of nitrogens with one attached hydrogen (secondary N) is 2. The van der Waals surface area contributed by atoms with E-state index in [9.17, 15) is 19.5 Å². The Kier molecular flexibility index (Phi) is 13.6. The third kappa shape index (κ3) is 10.5. The van der Waals surface area contributed by atoms with Crippen LogP contribution < -0.4 is 5.32 Å². The Balaban J connectivity index is 3.10. The van der Waals surface area contributed by atoms with Crippen molar-refractivity contribution in [2.45, 2.75) is 90.1 Å². The maximum atomic E-state index is 15.9. The molecule has 0 aromatic carbocycles. The minimum atomic E-state index is -2.11. The predicted molar refractivity (Wildman–Crippen MR) is 125 cm³/mol. The van der Waals surface area contributed by atoms with E-state index in [4.69, 9.17) is 24.7 Å². The van der Waals surface area contributed by atoms with Gasteiger partial charge in [-0.05, 0) is 18.9 Å². The van der Waals surface area contributed by atoms with Crippen LogP contribution in [0.1, 0.15) is 65.7 Å². The van der Waals surface area contributed by atoms with Crippen LogP contribution >= 0.6 is 0 Å². The molecule has 11 heteroatoms. The number of amides is 1. The largest absolute Gasteiger partial charge is 0.478 e. The Labute approximate surface area is 205 Å². The highest BCUT2D eigenvalue weighted by Crippen LogP contribution is 2.29. The van der Waals surface area contributed by atoms with Crippen molar-refractivity contribution in [3.8, 4) is 0 Å². The molecule has 0 aromatic rings. The Morgan fingerprint density at radius 2 is 1.94 bits per heavy atom. The molecule has 10 nitrogen and oxygen atoms in total. The van der Waals surface area contributed by atoms with Gasteiger partial charge in [0.2, 0.25) is 11.7 Å². The van der Waals surface area contributed by atoms with Crippen molar-refractivity contribution in [3.05, 3.63) is 24.2 Å². The van der Waals surface area contributed by atoms with Crippen molar-refractivity contribution in [1.82, 2.24) is 5.32 Å². The standard InChI is InChI=1S/C24H37FN2O8/c1-5-7-9-11-20(29)32-14-19(35-34-15(3)10-8-6-2)21(25)23-22(27-16(4)28)17(13-26)12-18(33-23)24(30)31/h12-13,17,19,21-23,26H,3,5-11,14H2,1-2,4H3,(H,27,28)(H,30,31). The minimum Gasteiger partial charge on any atom is -0.478 e. The van der Waals surface area contributed by atoms with Crippen molar-refractivity contribution in [1.29, 1.82) is 5.41 Å². The van der Waals surface area contributed by atoms with Gasteiger partial charge in [0.05, 0.1) is 6.04 Å².